The van der Waals surface area contributed by atoms with Gasteiger partial charge in [-0.1, -0.05) is 15.9 Å². The molecule has 0 atom stereocenters. The van der Waals surface area contributed by atoms with E-state index in [-0.39, 0.29) is 29.7 Å². The predicted molar refractivity (Wildman–Crippen MR) is 85.1 cm³/mol. The Labute approximate surface area is 137 Å². The number of benzene rings is 1. The van der Waals surface area contributed by atoms with E-state index >= 15 is 0 Å². The van der Waals surface area contributed by atoms with E-state index in [1.54, 1.807) is 18.2 Å². The van der Waals surface area contributed by atoms with Crippen molar-refractivity contribution in [1.82, 2.24) is 10.0 Å². The van der Waals surface area contributed by atoms with Gasteiger partial charge in [0.1, 0.15) is 0 Å². The molecule has 2 aromatic rings. The molecule has 8 heteroatoms. The molecule has 2 rings (SSSR count). The number of rotatable bonds is 6. The van der Waals surface area contributed by atoms with Gasteiger partial charge in [-0.25, -0.2) is 13.1 Å². The van der Waals surface area contributed by atoms with Crippen molar-refractivity contribution in [2.45, 2.75) is 11.8 Å². The quantitative estimate of drug-likeness (QED) is 0.743. The number of carbonyl (C=O) groups excluding carboxylic acids is 1. The van der Waals surface area contributed by atoms with Gasteiger partial charge in [-0.2, -0.15) is 0 Å². The lowest BCUT2D eigenvalue weighted by molar-refractivity contribution is 0.0926. The lowest BCUT2D eigenvalue weighted by atomic mass is 10.2. The fourth-order valence-electron chi connectivity index (χ4n) is 1.72. The van der Waals surface area contributed by atoms with E-state index in [4.69, 9.17) is 4.42 Å². The van der Waals surface area contributed by atoms with Crippen LogP contribution in [0.1, 0.15) is 16.1 Å². The minimum Gasteiger partial charge on any atom is -0.459 e. The summed E-state index contributed by atoms with van der Waals surface area (Å²) in [6, 6.07) is 7.91. The molecule has 118 valence electrons. The number of amides is 1. The maximum Gasteiger partial charge on any atom is 0.287 e. The topological polar surface area (TPSA) is 88.4 Å². The number of carbonyl (C=O) groups is 1. The Kier molecular flexibility index (Phi) is 5.38. The van der Waals surface area contributed by atoms with Gasteiger partial charge in [-0.05, 0) is 42.8 Å². The molecule has 0 spiro atoms. The second-order valence-electron chi connectivity index (χ2n) is 4.54. The third kappa shape index (κ3) is 4.19. The Bertz CT molecular complexity index is 757. The Balaban J connectivity index is 1.87. The zero-order valence-electron chi connectivity index (χ0n) is 11.8. The predicted octanol–water partition coefficient (Wildman–Crippen LogP) is 2.06. The van der Waals surface area contributed by atoms with Crippen LogP contribution in [0.25, 0.3) is 0 Å². The third-order valence-electron chi connectivity index (χ3n) is 2.89. The minimum absolute atomic E-state index is 0.0872. The van der Waals surface area contributed by atoms with Crippen molar-refractivity contribution in [2.24, 2.45) is 0 Å². The lowest BCUT2D eigenvalue weighted by Crippen LogP contribution is -2.34. The van der Waals surface area contributed by atoms with Crippen LogP contribution in [0.4, 0.5) is 0 Å². The number of halogens is 1. The maximum absolute atomic E-state index is 12.1. The number of hydrogen-bond donors (Lipinski definition) is 2. The van der Waals surface area contributed by atoms with E-state index in [2.05, 4.69) is 26.0 Å². The first-order valence-electron chi connectivity index (χ1n) is 6.47. The van der Waals surface area contributed by atoms with Crippen LogP contribution in [0.15, 0.2) is 50.4 Å². The molecule has 1 heterocycles. The smallest absolute Gasteiger partial charge is 0.287 e. The lowest BCUT2D eigenvalue weighted by Gasteiger charge is -2.08. The van der Waals surface area contributed by atoms with Crippen LogP contribution in [0.5, 0.6) is 0 Å². The zero-order valence-corrected chi connectivity index (χ0v) is 14.2. The first kappa shape index (κ1) is 16.7. The highest BCUT2D eigenvalue weighted by atomic mass is 79.9. The molecule has 6 nitrogen and oxygen atoms in total. The molecule has 1 aromatic carbocycles. The maximum atomic E-state index is 12.1. The Morgan fingerprint density at radius 1 is 1.27 bits per heavy atom. The molecular weight excluding hydrogens is 372 g/mol. The van der Waals surface area contributed by atoms with Crippen LogP contribution in [0, 0.1) is 6.92 Å². The molecule has 0 bridgehead atoms. The van der Waals surface area contributed by atoms with Gasteiger partial charge < -0.3 is 9.73 Å². The highest BCUT2D eigenvalue weighted by molar-refractivity contribution is 9.10. The molecule has 0 aliphatic carbocycles. The highest BCUT2D eigenvalue weighted by Crippen LogP contribution is 2.19. The molecule has 22 heavy (non-hydrogen) atoms. The molecule has 2 N–H and O–H groups in total. The van der Waals surface area contributed by atoms with Crippen molar-refractivity contribution >= 4 is 31.9 Å². The molecule has 1 amide bonds. The van der Waals surface area contributed by atoms with E-state index in [0.29, 0.717) is 0 Å². The van der Waals surface area contributed by atoms with Crippen molar-refractivity contribution in [1.29, 1.82) is 0 Å². The SMILES string of the molecule is Cc1cc(S(=O)(=O)NCCNC(=O)c2ccco2)ccc1Br. The van der Waals surface area contributed by atoms with Crippen LogP contribution >= 0.6 is 15.9 Å². The van der Waals surface area contributed by atoms with Gasteiger partial charge in [0, 0.05) is 17.6 Å². The molecule has 0 saturated carbocycles. The number of aryl methyl sites for hydroxylation is 1. The second kappa shape index (κ2) is 7.08. The summed E-state index contributed by atoms with van der Waals surface area (Å²) in [6.45, 7) is 2.06. The Morgan fingerprint density at radius 2 is 2.05 bits per heavy atom. The van der Waals surface area contributed by atoms with E-state index in [1.807, 2.05) is 6.92 Å². The van der Waals surface area contributed by atoms with Crippen molar-refractivity contribution in [2.75, 3.05) is 13.1 Å². The van der Waals surface area contributed by atoms with E-state index in [0.717, 1.165) is 10.0 Å². The van der Waals surface area contributed by atoms with Gasteiger partial charge >= 0.3 is 0 Å². The summed E-state index contributed by atoms with van der Waals surface area (Å²) < 4.78 is 32.4. The Morgan fingerprint density at radius 3 is 2.68 bits per heavy atom. The van der Waals surface area contributed by atoms with Crippen molar-refractivity contribution < 1.29 is 17.6 Å². The van der Waals surface area contributed by atoms with Crippen molar-refractivity contribution in [3.63, 3.8) is 0 Å². The van der Waals surface area contributed by atoms with E-state index in [9.17, 15) is 13.2 Å². The fourth-order valence-corrected chi connectivity index (χ4v) is 3.09. The van der Waals surface area contributed by atoms with Gasteiger partial charge in [0.2, 0.25) is 10.0 Å². The normalized spacial score (nSPS) is 11.4. The van der Waals surface area contributed by atoms with Crippen LogP contribution in [0.2, 0.25) is 0 Å². The summed E-state index contributed by atoms with van der Waals surface area (Å²) in [5.41, 5.74) is 0.828. The van der Waals surface area contributed by atoms with Crippen LogP contribution in [-0.4, -0.2) is 27.4 Å². The third-order valence-corrected chi connectivity index (χ3v) is 5.24. The number of sulfonamides is 1. The average molecular weight is 387 g/mol. The van der Waals surface area contributed by atoms with Crippen LogP contribution in [0.3, 0.4) is 0 Å². The van der Waals surface area contributed by atoms with E-state index in [1.165, 1.54) is 18.4 Å². The number of hydrogen-bond acceptors (Lipinski definition) is 4. The summed E-state index contributed by atoms with van der Waals surface area (Å²) >= 11 is 3.32. The molecule has 1 aromatic heterocycles. The first-order chi connectivity index (χ1) is 10.4. The Hall–Kier alpha value is -1.64. The van der Waals surface area contributed by atoms with Crippen LogP contribution in [-0.2, 0) is 10.0 Å². The highest BCUT2D eigenvalue weighted by Gasteiger charge is 2.14. The molecule has 0 aliphatic heterocycles. The van der Waals surface area contributed by atoms with Gasteiger partial charge in [-0.15, -0.1) is 0 Å². The summed E-state index contributed by atoms with van der Waals surface area (Å²) in [4.78, 5) is 11.8. The summed E-state index contributed by atoms with van der Waals surface area (Å²) in [5.74, 6) is -0.199. The van der Waals surface area contributed by atoms with Gasteiger partial charge in [0.25, 0.3) is 5.91 Å². The largest absolute Gasteiger partial charge is 0.459 e. The molecule has 0 aliphatic rings. The molecule has 0 unspecified atom stereocenters. The molecular formula is C14H15BrN2O4S. The van der Waals surface area contributed by atoms with Gasteiger partial charge in [0.15, 0.2) is 5.76 Å². The molecule has 0 fully saturated rings. The average Bonchev–Trinajstić information content (AvgIpc) is 3.00. The number of nitrogens with one attached hydrogen (secondary N) is 2. The van der Waals surface area contributed by atoms with Crippen molar-refractivity contribution in [3.8, 4) is 0 Å². The van der Waals surface area contributed by atoms with Gasteiger partial charge in [0.05, 0.1) is 11.2 Å². The zero-order chi connectivity index (χ0) is 16.2. The first-order valence-corrected chi connectivity index (χ1v) is 8.75. The molecule has 0 radical (unpaired) electrons. The minimum atomic E-state index is -3.60. The van der Waals surface area contributed by atoms with Crippen molar-refractivity contribution in [3.05, 3.63) is 52.4 Å². The second-order valence-corrected chi connectivity index (χ2v) is 7.16. The molecule has 0 saturated heterocycles. The van der Waals surface area contributed by atoms with E-state index < -0.39 is 10.0 Å². The monoisotopic (exact) mass is 386 g/mol. The summed E-state index contributed by atoms with van der Waals surface area (Å²) in [5, 5.41) is 2.56. The fraction of sp³-hybridized carbons (Fsp3) is 0.214. The number of furan rings is 1. The standard InChI is InChI=1S/C14H15BrN2O4S/c1-10-9-11(4-5-12(10)15)22(19,20)17-7-6-16-14(18)13-3-2-8-21-13/h2-5,8-9,17H,6-7H2,1H3,(H,16,18). The van der Waals surface area contributed by atoms with Gasteiger partial charge in [-0.3, -0.25) is 4.79 Å². The summed E-state index contributed by atoms with van der Waals surface area (Å²) in [7, 11) is -3.60. The van der Waals surface area contributed by atoms with Crippen LogP contribution < -0.4 is 10.0 Å². The summed E-state index contributed by atoms with van der Waals surface area (Å²) in [6.07, 6.45) is 1.40.